The Morgan fingerprint density at radius 1 is 1.07 bits per heavy atom. The number of anilines is 1. The number of carbonyl (C=O) groups is 2. The van der Waals surface area contributed by atoms with Crippen LogP contribution in [0.15, 0.2) is 18.5 Å². The number of ether oxygens (including phenoxy) is 3. The first-order valence-corrected chi connectivity index (χ1v) is 9.86. The van der Waals surface area contributed by atoms with Crippen LogP contribution in [0, 0.1) is 0 Å². The van der Waals surface area contributed by atoms with E-state index in [0.717, 1.165) is 16.6 Å². The van der Waals surface area contributed by atoms with Gasteiger partial charge in [0.1, 0.15) is 11.2 Å². The molecule has 2 amide bonds. The molecule has 9 nitrogen and oxygen atoms in total. The van der Waals surface area contributed by atoms with Crippen molar-refractivity contribution in [2.24, 2.45) is 0 Å². The second-order valence-electron chi connectivity index (χ2n) is 9.12. The van der Waals surface area contributed by atoms with Crippen LogP contribution < -0.4 is 10.6 Å². The molecular formula is C21H32N4O5. The van der Waals surface area contributed by atoms with Crippen molar-refractivity contribution < 1.29 is 23.8 Å². The fraction of sp³-hybridized carbons (Fsp3) is 0.571. The minimum absolute atomic E-state index is 0.238. The van der Waals surface area contributed by atoms with Gasteiger partial charge in [-0.25, -0.2) is 14.6 Å². The summed E-state index contributed by atoms with van der Waals surface area (Å²) in [4.78, 5) is 31.3. The molecule has 30 heavy (non-hydrogen) atoms. The first-order valence-electron chi connectivity index (χ1n) is 9.86. The van der Waals surface area contributed by atoms with Crippen LogP contribution in [0.3, 0.4) is 0 Å². The van der Waals surface area contributed by atoms with E-state index >= 15 is 0 Å². The Balaban J connectivity index is 1.97. The van der Waals surface area contributed by atoms with E-state index in [-0.39, 0.29) is 19.3 Å². The Morgan fingerprint density at radius 3 is 2.33 bits per heavy atom. The molecule has 0 bridgehead atoms. The Bertz CT molecular complexity index is 880. The molecule has 0 aliphatic heterocycles. The molecule has 0 aliphatic carbocycles. The molecule has 2 aromatic rings. The second kappa shape index (κ2) is 9.34. The van der Waals surface area contributed by atoms with Gasteiger partial charge in [-0.15, -0.1) is 0 Å². The molecule has 9 heteroatoms. The quantitative estimate of drug-likeness (QED) is 0.640. The molecule has 166 valence electrons. The van der Waals surface area contributed by atoms with Gasteiger partial charge < -0.3 is 24.5 Å². The monoisotopic (exact) mass is 420 g/mol. The van der Waals surface area contributed by atoms with Gasteiger partial charge in [-0.2, -0.15) is 0 Å². The maximum Gasteiger partial charge on any atom is 0.412 e. The molecule has 0 spiro atoms. The number of hydrogen-bond donors (Lipinski definition) is 3. The molecule has 2 rings (SSSR count). The molecule has 0 aliphatic rings. The number of imidazole rings is 1. The minimum Gasteiger partial charge on any atom is -0.444 e. The van der Waals surface area contributed by atoms with Gasteiger partial charge in [0.25, 0.3) is 0 Å². The van der Waals surface area contributed by atoms with Crippen molar-refractivity contribution in [3.63, 3.8) is 0 Å². The van der Waals surface area contributed by atoms with Crippen molar-refractivity contribution in [3.05, 3.63) is 24.0 Å². The summed E-state index contributed by atoms with van der Waals surface area (Å²) in [5, 5.41) is 5.46. The smallest absolute Gasteiger partial charge is 0.412 e. The van der Waals surface area contributed by atoms with E-state index in [9.17, 15) is 9.59 Å². The normalized spacial score (nSPS) is 13.0. The van der Waals surface area contributed by atoms with Gasteiger partial charge in [0.15, 0.2) is 0 Å². The number of amides is 2. The molecule has 1 unspecified atom stereocenters. The number of hydrogen-bond acceptors (Lipinski definition) is 6. The maximum absolute atomic E-state index is 12.1. The second-order valence-corrected chi connectivity index (χ2v) is 9.12. The van der Waals surface area contributed by atoms with Gasteiger partial charge in [0, 0.05) is 11.3 Å². The van der Waals surface area contributed by atoms with Gasteiger partial charge in [-0.3, -0.25) is 5.32 Å². The summed E-state index contributed by atoms with van der Waals surface area (Å²) in [6.07, 6.45) is 0.554. The van der Waals surface area contributed by atoms with Crippen LogP contribution in [0.2, 0.25) is 0 Å². The molecule has 0 radical (unpaired) electrons. The highest BCUT2D eigenvalue weighted by atomic mass is 16.6. The number of nitrogens with zero attached hydrogens (tertiary/aromatic N) is 1. The van der Waals surface area contributed by atoms with Gasteiger partial charge in [0.2, 0.25) is 0 Å². The minimum atomic E-state index is -0.592. The Morgan fingerprint density at radius 2 is 1.70 bits per heavy atom. The third-order valence-corrected chi connectivity index (χ3v) is 3.64. The van der Waals surface area contributed by atoms with Gasteiger partial charge in [0.05, 0.1) is 36.6 Å². The number of alkyl carbamates (subject to hydrolysis) is 1. The number of aromatic amines is 1. The van der Waals surface area contributed by atoms with E-state index in [1.807, 2.05) is 6.92 Å². The van der Waals surface area contributed by atoms with Gasteiger partial charge in [-0.05, 0) is 60.6 Å². The Kier molecular flexibility index (Phi) is 7.30. The maximum atomic E-state index is 12.1. The van der Waals surface area contributed by atoms with Crippen molar-refractivity contribution in [1.29, 1.82) is 0 Å². The van der Waals surface area contributed by atoms with Gasteiger partial charge in [-0.1, -0.05) is 0 Å². The van der Waals surface area contributed by atoms with Crippen molar-refractivity contribution in [2.45, 2.75) is 72.3 Å². The van der Waals surface area contributed by atoms with Crippen LogP contribution in [0.4, 0.5) is 15.3 Å². The van der Waals surface area contributed by atoms with E-state index in [4.69, 9.17) is 14.2 Å². The summed E-state index contributed by atoms with van der Waals surface area (Å²) in [5.74, 6) is 0. The van der Waals surface area contributed by atoms with Crippen LogP contribution in [-0.4, -0.2) is 46.0 Å². The van der Waals surface area contributed by atoms with Crippen molar-refractivity contribution in [3.8, 4) is 0 Å². The van der Waals surface area contributed by atoms with Crippen molar-refractivity contribution >= 4 is 28.9 Å². The van der Waals surface area contributed by atoms with Crippen LogP contribution in [0.25, 0.3) is 11.0 Å². The van der Waals surface area contributed by atoms with E-state index in [1.54, 1.807) is 60.0 Å². The lowest BCUT2D eigenvalue weighted by molar-refractivity contribution is 0.0442. The first-order chi connectivity index (χ1) is 13.8. The molecule has 1 atom stereocenters. The standard InChI is InChI=1S/C21H32N4O5/c1-13(24-18(26)29-20(2,3)4)10-28-11-14-8-15(9-16-17(14)23-12-22-16)25-19(27)30-21(5,6)7/h8-9,12-13H,10-11H2,1-7H3,(H,22,23)(H,24,26)(H,25,27). The fourth-order valence-corrected chi connectivity index (χ4v) is 2.62. The first kappa shape index (κ1) is 23.5. The highest BCUT2D eigenvalue weighted by Gasteiger charge is 2.19. The number of nitrogens with one attached hydrogen (secondary N) is 3. The van der Waals surface area contributed by atoms with E-state index in [0.29, 0.717) is 5.69 Å². The van der Waals surface area contributed by atoms with Crippen LogP contribution >= 0.6 is 0 Å². The third-order valence-electron chi connectivity index (χ3n) is 3.64. The largest absolute Gasteiger partial charge is 0.444 e. The molecule has 0 saturated carbocycles. The zero-order chi connectivity index (χ0) is 22.5. The Hall–Kier alpha value is -2.81. The van der Waals surface area contributed by atoms with E-state index < -0.39 is 23.4 Å². The van der Waals surface area contributed by atoms with Gasteiger partial charge >= 0.3 is 12.2 Å². The molecule has 0 saturated heterocycles. The fourth-order valence-electron chi connectivity index (χ4n) is 2.62. The lowest BCUT2D eigenvalue weighted by Crippen LogP contribution is -2.39. The molecular weight excluding hydrogens is 388 g/mol. The number of aromatic nitrogens is 2. The van der Waals surface area contributed by atoms with Crippen LogP contribution in [0.1, 0.15) is 54.0 Å². The van der Waals surface area contributed by atoms with Crippen LogP contribution in [0.5, 0.6) is 0 Å². The summed E-state index contributed by atoms with van der Waals surface area (Å²) in [6, 6.07) is 3.33. The molecule has 1 aromatic carbocycles. The van der Waals surface area contributed by atoms with Crippen LogP contribution in [-0.2, 0) is 20.8 Å². The summed E-state index contributed by atoms with van der Waals surface area (Å²) < 4.78 is 16.3. The molecule has 3 N–H and O–H groups in total. The summed E-state index contributed by atoms with van der Waals surface area (Å²) >= 11 is 0. The summed E-state index contributed by atoms with van der Waals surface area (Å²) in [7, 11) is 0. The zero-order valence-electron chi connectivity index (χ0n) is 18.7. The molecule has 0 fully saturated rings. The topological polar surface area (TPSA) is 115 Å². The van der Waals surface area contributed by atoms with E-state index in [2.05, 4.69) is 20.6 Å². The summed E-state index contributed by atoms with van der Waals surface area (Å²) in [6.45, 7) is 13.2. The number of benzene rings is 1. The highest BCUT2D eigenvalue weighted by Crippen LogP contribution is 2.23. The van der Waals surface area contributed by atoms with E-state index in [1.165, 1.54) is 0 Å². The SMILES string of the molecule is CC(COCc1cc(NC(=O)OC(C)(C)C)cc2[nH]cnc12)NC(=O)OC(C)(C)C. The average Bonchev–Trinajstić information content (AvgIpc) is 2.99. The average molecular weight is 421 g/mol. The van der Waals surface area contributed by atoms with Crippen molar-refractivity contribution in [1.82, 2.24) is 15.3 Å². The lowest BCUT2D eigenvalue weighted by Gasteiger charge is -2.22. The number of carbonyl (C=O) groups excluding carboxylic acids is 2. The number of H-pyrrole nitrogens is 1. The predicted octanol–water partition coefficient (Wildman–Crippen LogP) is 4.34. The third kappa shape index (κ3) is 7.90. The highest BCUT2D eigenvalue weighted by molar-refractivity contribution is 5.90. The Labute approximate surface area is 176 Å². The molecule has 1 aromatic heterocycles. The molecule has 1 heterocycles. The number of rotatable bonds is 6. The van der Waals surface area contributed by atoms with Crippen molar-refractivity contribution in [2.75, 3.05) is 11.9 Å². The predicted molar refractivity (Wildman–Crippen MR) is 114 cm³/mol. The lowest BCUT2D eigenvalue weighted by atomic mass is 10.1. The zero-order valence-corrected chi connectivity index (χ0v) is 18.7. The summed E-state index contributed by atoms with van der Waals surface area (Å²) in [5.41, 5.74) is 1.73. The number of fused-ring (bicyclic) bond motifs is 1.